The van der Waals surface area contributed by atoms with Crippen LogP contribution in [0.3, 0.4) is 0 Å². The van der Waals surface area contributed by atoms with Crippen LogP contribution in [0.2, 0.25) is 0 Å². The van der Waals surface area contributed by atoms with Crippen LogP contribution in [0.1, 0.15) is 11.4 Å². The number of fused-ring (bicyclic) bond motifs is 1. The van der Waals surface area contributed by atoms with Crippen LogP contribution < -0.4 is 15.9 Å². The predicted molar refractivity (Wildman–Crippen MR) is 98.2 cm³/mol. The van der Waals surface area contributed by atoms with Gasteiger partial charge in [-0.1, -0.05) is 30.3 Å². The minimum absolute atomic E-state index is 0.155. The normalized spacial score (nSPS) is 12.9. The van der Waals surface area contributed by atoms with Crippen LogP contribution in [0.4, 0.5) is 14.9 Å². The number of hydrogen-bond donors (Lipinski definition) is 1. The van der Waals surface area contributed by atoms with Crippen LogP contribution in [0.25, 0.3) is 0 Å². The van der Waals surface area contributed by atoms with Gasteiger partial charge in [0.25, 0.3) is 0 Å². The van der Waals surface area contributed by atoms with Crippen LogP contribution in [0.15, 0.2) is 59.4 Å². The summed E-state index contributed by atoms with van der Waals surface area (Å²) in [5, 5.41) is 6.76. The van der Waals surface area contributed by atoms with Crippen molar-refractivity contribution in [3.8, 4) is 0 Å². The minimum atomic E-state index is -0.657. The second-order valence-corrected chi connectivity index (χ2v) is 6.30. The largest absolute Gasteiger partial charge is 0.354 e. The molecule has 0 spiro atoms. The lowest BCUT2D eigenvalue weighted by Gasteiger charge is -2.14. The molecule has 0 bridgehead atoms. The minimum Gasteiger partial charge on any atom is -0.350 e. The van der Waals surface area contributed by atoms with Crippen LogP contribution in [-0.2, 0) is 24.4 Å². The van der Waals surface area contributed by atoms with Crippen molar-refractivity contribution in [3.63, 3.8) is 0 Å². The average Bonchev–Trinajstić information content (AvgIpc) is 3.18. The number of amides is 2. The van der Waals surface area contributed by atoms with Crippen molar-refractivity contribution in [2.75, 3.05) is 4.90 Å². The molecule has 0 unspecified atom stereocenters. The first-order valence-electron chi connectivity index (χ1n) is 8.60. The third kappa shape index (κ3) is 3.29. The van der Waals surface area contributed by atoms with Gasteiger partial charge in [0.1, 0.15) is 12.4 Å². The number of para-hydroxylation sites is 1. The number of nitrogens with one attached hydrogen (secondary N) is 1. The Hall–Kier alpha value is -3.75. The van der Waals surface area contributed by atoms with E-state index in [1.807, 2.05) is 6.07 Å². The number of rotatable bonds is 5. The zero-order chi connectivity index (χ0) is 19.7. The average molecular weight is 381 g/mol. The number of carbonyl (C=O) groups excluding carboxylic acids is 2. The second-order valence-electron chi connectivity index (χ2n) is 6.30. The van der Waals surface area contributed by atoms with Crippen molar-refractivity contribution >= 4 is 17.6 Å². The summed E-state index contributed by atoms with van der Waals surface area (Å²) >= 11 is 0. The molecular formula is C19H16FN5O3. The van der Waals surface area contributed by atoms with Gasteiger partial charge in [0.2, 0.25) is 5.91 Å². The summed E-state index contributed by atoms with van der Waals surface area (Å²) in [5.74, 6) is -0.510. The van der Waals surface area contributed by atoms with Gasteiger partial charge in [0, 0.05) is 12.2 Å². The maximum absolute atomic E-state index is 12.9. The highest BCUT2D eigenvalue weighted by molar-refractivity contribution is 5.96. The molecule has 2 aromatic carbocycles. The standard InChI is InChI=1S/C19H16FN5O3/c20-14-8-6-13(7-9-14)10-21-17(26)12-24-19(28)25-16(22-24)11-23(18(25)27)15-4-2-1-3-5-15/h1-9H,10-12H2,(H,21,26). The number of anilines is 1. The highest BCUT2D eigenvalue weighted by Crippen LogP contribution is 2.21. The molecule has 1 aliphatic rings. The molecule has 2 amide bonds. The van der Waals surface area contributed by atoms with Crippen LogP contribution >= 0.6 is 0 Å². The molecule has 0 saturated carbocycles. The highest BCUT2D eigenvalue weighted by atomic mass is 19.1. The SMILES string of the molecule is O=C(Cn1nc2n(c1=O)C(=O)N(c1ccccc1)C2)NCc1ccc(F)cc1. The summed E-state index contributed by atoms with van der Waals surface area (Å²) in [7, 11) is 0. The Bertz CT molecular complexity index is 1090. The van der Waals surface area contributed by atoms with Gasteiger partial charge < -0.3 is 5.32 Å². The Morgan fingerprint density at radius 3 is 2.46 bits per heavy atom. The maximum Gasteiger partial charge on any atom is 0.354 e. The monoisotopic (exact) mass is 381 g/mol. The zero-order valence-electron chi connectivity index (χ0n) is 14.7. The van der Waals surface area contributed by atoms with Gasteiger partial charge in [0.15, 0.2) is 5.82 Å². The fourth-order valence-corrected chi connectivity index (χ4v) is 2.98. The lowest BCUT2D eigenvalue weighted by Crippen LogP contribution is -2.37. The number of halogens is 1. The lowest BCUT2D eigenvalue weighted by molar-refractivity contribution is -0.122. The molecule has 0 aliphatic carbocycles. The molecule has 9 heteroatoms. The molecule has 2 heterocycles. The Kier molecular flexibility index (Phi) is 4.48. The molecular weight excluding hydrogens is 365 g/mol. The first-order valence-corrected chi connectivity index (χ1v) is 8.60. The van der Waals surface area contributed by atoms with E-state index in [9.17, 15) is 18.8 Å². The Labute approximate surface area is 158 Å². The molecule has 0 saturated heterocycles. The molecule has 0 radical (unpaired) electrons. The Morgan fingerprint density at radius 1 is 1.07 bits per heavy atom. The van der Waals surface area contributed by atoms with E-state index in [0.717, 1.165) is 14.8 Å². The molecule has 1 aliphatic heterocycles. The summed E-state index contributed by atoms with van der Waals surface area (Å²) in [4.78, 5) is 38.6. The van der Waals surface area contributed by atoms with E-state index < -0.39 is 17.6 Å². The quantitative estimate of drug-likeness (QED) is 0.725. The van der Waals surface area contributed by atoms with E-state index in [1.165, 1.54) is 17.0 Å². The molecule has 0 atom stereocenters. The summed E-state index contributed by atoms with van der Waals surface area (Å²) in [5.41, 5.74) is 0.736. The first kappa shape index (κ1) is 17.7. The van der Waals surface area contributed by atoms with Gasteiger partial charge in [-0.15, -0.1) is 0 Å². The topological polar surface area (TPSA) is 89.2 Å². The van der Waals surface area contributed by atoms with Gasteiger partial charge >= 0.3 is 11.7 Å². The predicted octanol–water partition coefficient (Wildman–Crippen LogP) is 1.49. The smallest absolute Gasteiger partial charge is 0.350 e. The van der Waals surface area contributed by atoms with E-state index in [1.54, 1.807) is 36.4 Å². The van der Waals surface area contributed by atoms with Gasteiger partial charge in [-0.05, 0) is 29.8 Å². The third-order valence-electron chi connectivity index (χ3n) is 4.39. The summed E-state index contributed by atoms with van der Waals surface area (Å²) < 4.78 is 14.8. The van der Waals surface area contributed by atoms with Crippen LogP contribution in [0.5, 0.6) is 0 Å². The van der Waals surface area contributed by atoms with Crippen molar-refractivity contribution in [1.29, 1.82) is 0 Å². The molecule has 3 aromatic rings. The van der Waals surface area contributed by atoms with Crippen molar-refractivity contribution in [2.24, 2.45) is 0 Å². The molecule has 0 fully saturated rings. The summed E-state index contributed by atoms with van der Waals surface area (Å²) in [6.07, 6.45) is 0. The molecule has 1 aromatic heterocycles. The van der Waals surface area contributed by atoms with Gasteiger partial charge in [-0.2, -0.15) is 9.67 Å². The second kappa shape index (κ2) is 7.10. The van der Waals surface area contributed by atoms with Crippen LogP contribution in [0, 0.1) is 5.82 Å². The van der Waals surface area contributed by atoms with Crippen molar-refractivity contribution in [3.05, 3.63) is 82.3 Å². The summed E-state index contributed by atoms with van der Waals surface area (Å²) in [6, 6.07) is 14.2. The van der Waals surface area contributed by atoms with Gasteiger partial charge in [-0.3, -0.25) is 9.69 Å². The van der Waals surface area contributed by atoms with Crippen LogP contribution in [-0.4, -0.2) is 26.3 Å². The Morgan fingerprint density at radius 2 is 1.79 bits per heavy atom. The maximum atomic E-state index is 12.9. The fourth-order valence-electron chi connectivity index (χ4n) is 2.98. The number of hydrogen-bond acceptors (Lipinski definition) is 4. The van der Waals surface area contributed by atoms with Crippen molar-refractivity contribution < 1.29 is 14.0 Å². The third-order valence-corrected chi connectivity index (χ3v) is 4.39. The number of aromatic nitrogens is 3. The number of carbonyl (C=O) groups is 2. The van der Waals surface area contributed by atoms with Crippen molar-refractivity contribution in [2.45, 2.75) is 19.6 Å². The van der Waals surface area contributed by atoms with Gasteiger partial charge in [0.05, 0.1) is 6.54 Å². The number of nitrogens with zero attached hydrogens (tertiary/aromatic N) is 4. The lowest BCUT2D eigenvalue weighted by atomic mass is 10.2. The van der Waals surface area contributed by atoms with E-state index in [4.69, 9.17) is 0 Å². The molecule has 28 heavy (non-hydrogen) atoms. The van der Waals surface area contributed by atoms with Gasteiger partial charge in [-0.25, -0.2) is 18.7 Å². The van der Waals surface area contributed by atoms with E-state index in [2.05, 4.69) is 10.4 Å². The van der Waals surface area contributed by atoms with E-state index in [-0.39, 0.29) is 31.3 Å². The molecule has 4 rings (SSSR count). The molecule has 8 nitrogen and oxygen atoms in total. The Balaban J connectivity index is 1.43. The molecule has 1 N–H and O–H groups in total. The summed E-state index contributed by atoms with van der Waals surface area (Å²) in [6.45, 7) is 0.0447. The van der Waals surface area contributed by atoms with Crippen molar-refractivity contribution in [1.82, 2.24) is 19.7 Å². The molecule has 142 valence electrons. The highest BCUT2D eigenvalue weighted by Gasteiger charge is 2.33. The van der Waals surface area contributed by atoms with E-state index >= 15 is 0 Å². The first-order chi connectivity index (χ1) is 13.5. The fraction of sp³-hybridized carbons (Fsp3) is 0.158. The van der Waals surface area contributed by atoms with E-state index in [0.29, 0.717) is 5.69 Å². The number of benzene rings is 2. The zero-order valence-corrected chi connectivity index (χ0v) is 14.7.